The van der Waals surface area contributed by atoms with Crippen LogP contribution in [-0.4, -0.2) is 32.6 Å². The lowest BCUT2D eigenvalue weighted by molar-refractivity contribution is 0.839. The molecule has 0 aromatic carbocycles. The molecule has 0 fully saturated rings. The highest BCUT2D eigenvalue weighted by atomic mass is 35.5. The smallest absolute Gasteiger partial charge is 0.226 e. The van der Waals surface area contributed by atoms with E-state index >= 15 is 0 Å². The lowest BCUT2D eigenvalue weighted by Gasteiger charge is -2.20. The number of aryl methyl sites for hydroxylation is 1. The van der Waals surface area contributed by atoms with Crippen molar-refractivity contribution in [3.63, 3.8) is 0 Å². The SMILES string of the molecule is CCN(CC)c1nc(Cl)nc2ncn(C)c12. The van der Waals surface area contributed by atoms with Gasteiger partial charge in [0.15, 0.2) is 11.5 Å². The summed E-state index contributed by atoms with van der Waals surface area (Å²) in [6.07, 6.45) is 1.72. The van der Waals surface area contributed by atoms with Crippen molar-refractivity contribution >= 4 is 28.6 Å². The molecular formula is C10H14ClN5. The average Bonchev–Trinajstić information content (AvgIpc) is 2.61. The van der Waals surface area contributed by atoms with Crippen molar-refractivity contribution in [3.8, 4) is 0 Å². The van der Waals surface area contributed by atoms with E-state index in [0.29, 0.717) is 5.65 Å². The molecule has 0 amide bonds. The number of aromatic nitrogens is 4. The molecule has 0 aliphatic heterocycles. The Kier molecular flexibility index (Phi) is 2.96. The molecule has 0 aliphatic rings. The first kappa shape index (κ1) is 11.1. The molecule has 16 heavy (non-hydrogen) atoms. The van der Waals surface area contributed by atoms with E-state index in [9.17, 15) is 0 Å². The quantitative estimate of drug-likeness (QED) is 0.768. The van der Waals surface area contributed by atoms with Gasteiger partial charge in [0, 0.05) is 20.1 Å². The van der Waals surface area contributed by atoms with Gasteiger partial charge in [-0.15, -0.1) is 0 Å². The van der Waals surface area contributed by atoms with E-state index in [1.165, 1.54) is 0 Å². The maximum absolute atomic E-state index is 5.89. The summed E-state index contributed by atoms with van der Waals surface area (Å²) in [6, 6.07) is 0. The van der Waals surface area contributed by atoms with Crippen LogP contribution in [0.3, 0.4) is 0 Å². The minimum absolute atomic E-state index is 0.244. The molecule has 0 unspecified atom stereocenters. The van der Waals surface area contributed by atoms with Gasteiger partial charge in [0.1, 0.15) is 5.52 Å². The summed E-state index contributed by atoms with van der Waals surface area (Å²) in [5.41, 5.74) is 1.57. The Bertz CT molecular complexity index is 503. The van der Waals surface area contributed by atoms with E-state index in [0.717, 1.165) is 24.4 Å². The van der Waals surface area contributed by atoms with Gasteiger partial charge in [-0.25, -0.2) is 4.98 Å². The third-order valence-electron chi connectivity index (χ3n) is 2.59. The Balaban J connectivity index is 2.70. The average molecular weight is 240 g/mol. The minimum Gasteiger partial charge on any atom is -0.355 e. The third kappa shape index (κ3) is 1.71. The fourth-order valence-corrected chi connectivity index (χ4v) is 1.91. The molecule has 0 atom stereocenters. The topological polar surface area (TPSA) is 46.8 Å². The molecule has 2 rings (SSSR count). The number of rotatable bonds is 3. The van der Waals surface area contributed by atoms with Crippen LogP contribution in [0, 0.1) is 0 Å². The Labute approximate surface area is 99.1 Å². The number of hydrogen-bond acceptors (Lipinski definition) is 4. The van der Waals surface area contributed by atoms with E-state index in [1.54, 1.807) is 6.33 Å². The van der Waals surface area contributed by atoms with Crippen LogP contribution in [0.25, 0.3) is 11.2 Å². The van der Waals surface area contributed by atoms with E-state index < -0.39 is 0 Å². The van der Waals surface area contributed by atoms with Crippen LogP contribution in [0.4, 0.5) is 5.82 Å². The summed E-state index contributed by atoms with van der Waals surface area (Å²) in [6.45, 7) is 5.93. The Morgan fingerprint density at radius 2 is 2.00 bits per heavy atom. The van der Waals surface area contributed by atoms with Crippen molar-refractivity contribution < 1.29 is 0 Å². The van der Waals surface area contributed by atoms with Crippen LogP contribution < -0.4 is 4.90 Å². The lowest BCUT2D eigenvalue weighted by atomic mass is 10.4. The zero-order valence-corrected chi connectivity index (χ0v) is 10.4. The molecule has 0 radical (unpaired) electrons. The predicted octanol–water partition coefficient (Wildman–Crippen LogP) is 1.86. The van der Waals surface area contributed by atoms with Crippen LogP contribution in [-0.2, 0) is 7.05 Å². The highest BCUT2D eigenvalue weighted by Crippen LogP contribution is 2.23. The van der Waals surface area contributed by atoms with Crippen molar-refractivity contribution in [2.75, 3.05) is 18.0 Å². The van der Waals surface area contributed by atoms with Crippen LogP contribution >= 0.6 is 11.6 Å². The van der Waals surface area contributed by atoms with Crippen molar-refractivity contribution in [3.05, 3.63) is 11.6 Å². The maximum atomic E-state index is 5.89. The molecule has 0 N–H and O–H groups in total. The predicted molar refractivity (Wildman–Crippen MR) is 64.9 cm³/mol. The molecule has 0 bridgehead atoms. The van der Waals surface area contributed by atoms with Gasteiger partial charge in [0.05, 0.1) is 6.33 Å². The van der Waals surface area contributed by atoms with Gasteiger partial charge in [-0.2, -0.15) is 9.97 Å². The monoisotopic (exact) mass is 239 g/mol. The van der Waals surface area contributed by atoms with Gasteiger partial charge in [-0.1, -0.05) is 0 Å². The highest BCUT2D eigenvalue weighted by Gasteiger charge is 2.15. The lowest BCUT2D eigenvalue weighted by Crippen LogP contribution is -2.24. The first-order valence-electron chi connectivity index (χ1n) is 5.26. The van der Waals surface area contributed by atoms with Gasteiger partial charge >= 0.3 is 0 Å². The summed E-state index contributed by atoms with van der Waals surface area (Å²) in [4.78, 5) is 14.7. The molecule has 0 aliphatic carbocycles. The second-order valence-electron chi connectivity index (χ2n) is 3.52. The molecule has 0 saturated carbocycles. The second kappa shape index (κ2) is 4.25. The van der Waals surface area contributed by atoms with Crippen LogP contribution in [0.5, 0.6) is 0 Å². The van der Waals surface area contributed by atoms with Crippen molar-refractivity contribution in [1.82, 2.24) is 19.5 Å². The summed E-state index contributed by atoms with van der Waals surface area (Å²) >= 11 is 5.89. The molecule has 2 heterocycles. The minimum atomic E-state index is 0.244. The summed E-state index contributed by atoms with van der Waals surface area (Å²) < 4.78 is 1.92. The van der Waals surface area contributed by atoms with Crippen molar-refractivity contribution in [2.45, 2.75) is 13.8 Å². The Morgan fingerprint density at radius 1 is 1.31 bits per heavy atom. The fraction of sp³-hybridized carbons (Fsp3) is 0.500. The van der Waals surface area contributed by atoms with Gasteiger partial charge in [-0.05, 0) is 25.4 Å². The molecule has 2 aromatic heterocycles. The highest BCUT2D eigenvalue weighted by molar-refractivity contribution is 6.28. The largest absolute Gasteiger partial charge is 0.355 e. The van der Waals surface area contributed by atoms with Gasteiger partial charge in [0.2, 0.25) is 5.28 Å². The molecule has 2 aromatic rings. The number of halogens is 1. The van der Waals surface area contributed by atoms with Crippen LogP contribution in [0.2, 0.25) is 5.28 Å². The van der Waals surface area contributed by atoms with Crippen LogP contribution in [0.1, 0.15) is 13.8 Å². The van der Waals surface area contributed by atoms with Crippen LogP contribution in [0.15, 0.2) is 6.33 Å². The van der Waals surface area contributed by atoms with E-state index in [-0.39, 0.29) is 5.28 Å². The zero-order valence-electron chi connectivity index (χ0n) is 9.61. The third-order valence-corrected chi connectivity index (χ3v) is 2.76. The maximum Gasteiger partial charge on any atom is 0.226 e. The first-order chi connectivity index (χ1) is 7.67. The van der Waals surface area contributed by atoms with E-state index in [1.807, 2.05) is 11.6 Å². The second-order valence-corrected chi connectivity index (χ2v) is 3.85. The Hall–Kier alpha value is -1.36. The fourth-order valence-electron chi connectivity index (χ4n) is 1.75. The normalized spacial score (nSPS) is 11.0. The number of fused-ring (bicyclic) bond motifs is 1. The number of anilines is 1. The number of imidazole rings is 1. The molecule has 0 spiro atoms. The summed E-state index contributed by atoms with van der Waals surface area (Å²) in [5.74, 6) is 0.847. The number of nitrogens with zero attached hydrogens (tertiary/aromatic N) is 5. The molecule has 0 saturated heterocycles. The zero-order chi connectivity index (χ0) is 11.7. The Morgan fingerprint density at radius 3 is 2.62 bits per heavy atom. The summed E-state index contributed by atoms with van der Waals surface area (Å²) in [5, 5.41) is 0.244. The van der Waals surface area contributed by atoms with Gasteiger partial charge in [0.25, 0.3) is 0 Å². The molecular weight excluding hydrogens is 226 g/mol. The standard InChI is InChI=1S/C10H14ClN5/c1-4-16(5-2)9-7-8(12-6-15(7)3)13-10(11)14-9/h6H,4-5H2,1-3H3. The van der Waals surface area contributed by atoms with Gasteiger partial charge in [-0.3, -0.25) is 0 Å². The molecule has 6 heteroatoms. The number of hydrogen-bond donors (Lipinski definition) is 0. The van der Waals surface area contributed by atoms with E-state index in [2.05, 4.69) is 33.7 Å². The summed E-state index contributed by atoms with van der Waals surface area (Å²) in [7, 11) is 1.93. The molecule has 5 nitrogen and oxygen atoms in total. The van der Waals surface area contributed by atoms with Gasteiger partial charge < -0.3 is 9.47 Å². The van der Waals surface area contributed by atoms with Crippen molar-refractivity contribution in [2.24, 2.45) is 7.05 Å². The van der Waals surface area contributed by atoms with E-state index in [4.69, 9.17) is 11.6 Å². The molecule has 86 valence electrons. The first-order valence-corrected chi connectivity index (χ1v) is 5.64. The van der Waals surface area contributed by atoms with Crippen molar-refractivity contribution in [1.29, 1.82) is 0 Å².